The van der Waals surface area contributed by atoms with Crippen molar-refractivity contribution in [2.45, 2.75) is 44.8 Å². The van der Waals surface area contributed by atoms with Crippen molar-refractivity contribution < 1.29 is 23.9 Å². The molecule has 0 bridgehead atoms. The Labute approximate surface area is 289 Å². The van der Waals surface area contributed by atoms with Crippen LogP contribution in [-0.2, 0) is 36.8 Å². The van der Waals surface area contributed by atoms with E-state index in [1.165, 1.54) is 0 Å². The smallest absolute Gasteiger partial charge is 0.261 e. The Morgan fingerprint density at radius 2 is 1.66 bits per heavy atom. The minimum Gasteiger partial charge on any atom is -0.496 e. The molecular formula is C37H41N7O6. The van der Waals surface area contributed by atoms with Crippen molar-refractivity contribution in [3.8, 4) is 22.6 Å². The summed E-state index contributed by atoms with van der Waals surface area (Å²) in [6.45, 7) is 4.85. The van der Waals surface area contributed by atoms with Gasteiger partial charge in [-0.3, -0.25) is 34.1 Å². The molecule has 2 aromatic heterocycles. The Bertz CT molecular complexity index is 2100. The first-order valence-corrected chi connectivity index (χ1v) is 17.1. The van der Waals surface area contributed by atoms with Gasteiger partial charge in [-0.05, 0) is 67.7 Å². The number of methoxy groups -OCH3 is 2. The van der Waals surface area contributed by atoms with Gasteiger partial charge in [-0.15, -0.1) is 0 Å². The molecule has 3 amide bonds. The third-order valence-corrected chi connectivity index (χ3v) is 11.1. The Morgan fingerprint density at radius 3 is 2.34 bits per heavy atom. The molecule has 3 fully saturated rings. The summed E-state index contributed by atoms with van der Waals surface area (Å²) in [4.78, 5) is 56.6. The van der Waals surface area contributed by atoms with Crippen LogP contribution in [0.1, 0.15) is 47.2 Å². The lowest BCUT2D eigenvalue weighted by Gasteiger charge is -2.55. The van der Waals surface area contributed by atoms with E-state index in [4.69, 9.17) is 9.47 Å². The first-order chi connectivity index (χ1) is 24.1. The number of benzene rings is 2. The molecule has 6 heterocycles. The van der Waals surface area contributed by atoms with Gasteiger partial charge in [0.1, 0.15) is 23.1 Å². The summed E-state index contributed by atoms with van der Waals surface area (Å²) in [5.74, 6) is 0.651. The lowest BCUT2D eigenvalue weighted by Crippen LogP contribution is -2.60. The lowest BCUT2D eigenvalue weighted by atomic mass is 9.71. The molecule has 4 aromatic rings. The zero-order valence-corrected chi connectivity index (χ0v) is 28.8. The van der Waals surface area contributed by atoms with Crippen LogP contribution in [0.5, 0.6) is 11.5 Å². The number of aromatic nitrogens is 3. The standard InChI is InChI=1S/C37H41N7O6/c1-40-17-26(33-28(35(40)47)18-41(2)39-33)23-13-30(49-3)27(31(14-23)50-4)19-42-11-9-37(10-12-42)20-43(21-37)24-6-5-22-16-44(36(48)25(22)15-24)29-7-8-32(45)38-34(29)46/h5-6,13-15,17-18,29H,7-12,16,19-21H2,1-4H3,(H,38,45,46). The molecule has 1 spiro atoms. The second-order valence-electron chi connectivity index (χ2n) is 14.3. The van der Waals surface area contributed by atoms with Crippen molar-refractivity contribution >= 4 is 34.3 Å². The monoisotopic (exact) mass is 679 g/mol. The van der Waals surface area contributed by atoms with Gasteiger partial charge in [-0.25, -0.2) is 0 Å². The SMILES string of the molecule is COc1cc(-c2cn(C)c(=O)c3cn(C)nc23)cc(OC)c1CN1CCC2(CC1)CN(c1ccc3c(c1)C(=O)N(C1CCC(=O)NC1=O)C3)C2. The Balaban J connectivity index is 0.930. The molecule has 260 valence electrons. The molecule has 0 saturated carbocycles. The molecule has 3 saturated heterocycles. The predicted molar refractivity (Wildman–Crippen MR) is 186 cm³/mol. The maximum atomic E-state index is 13.3. The van der Waals surface area contributed by atoms with Gasteiger partial charge in [0, 0.05) is 81.3 Å². The number of amides is 3. The molecule has 2 aromatic carbocycles. The molecule has 50 heavy (non-hydrogen) atoms. The average Bonchev–Trinajstić information content (AvgIpc) is 3.65. The number of aryl methyl sites for hydroxylation is 2. The number of hydrogen-bond donors (Lipinski definition) is 1. The van der Waals surface area contributed by atoms with Gasteiger partial charge in [0.05, 0.1) is 25.2 Å². The van der Waals surface area contributed by atoms with E-state index in [1.54, 1.807) is 41.6 Å². The normalized spacial score (nSPS) is 20.3. The number of fused-ring (bicyclic) bond motifs is 2. The van der Waals surface area contributed by atoms with Crippen molar-refractivity contribution in [2.75, 3.05) is 45.3 Å². The highest BCUT2D eigenvalue weighted by atomic mass is 16.5. The van der Waals surface area contributed by atoms with Gasteiger partial charge in [0.25, 0.3) is 11.5 Å². The number of carbonyl (C=O) groups is 3. The van der Waals surface area contributed by atoms with Crippen molar-refractivity contribution in [1.29, 1.82) is 0 Å². The van der Waals surface area contributed by atoms with Crippen molar-refractivity contribution in [1.82, 2.24) is 29.5 Å². The fourth-order valence-electron chi connectivity index (χ4n) is 8.26. The van der Waals surface area contributed by atoms with Crippen LogP contribution in [0, 0.1) is 5.41 Å². The maximum absolute atomic E-state index is 13.3. The average molecular weight is 680 g/mol. The minimum absolute atomic E-state index is 0.0920. The number of anilines is 1. The van der Waals surface area contributed by atoms with Gasteiger partial charge >= 0.3 is 0 Å². The van der Waals surface area contributed by atoms with Crippen LogP contribution in [0.4, 0.5) is 5.69 Å². The van der Waals surface area contributed by atoms with Crippen LogP contribution in [0.25, 0.3) is 22.0 Å². The van der Waals surface area contributed by atoms with Crippen LogP contribution in [0.2, 0.25) is 0 Å². The third-order valence-electron chi connectivity index (χ3n) is 11.1. The van der Waals surface area contributed by atoms with Crippen LogP contribution in [-0.4, -0.2) is 88.3 Å². The molecule has 0 radical (unpaired) electrons. The Hall–Kier alpha value is -5.17. The highest BCUT2D eigenvalue weighted by Crippen LogP contribution is 2.45. The summed E-state index contributed by atoms with van der Waals surface area (Å²) >= 11 is 0. The van der Waals surface area contributed by atoms with Crippen LogP contribution in [0.15, 0.2) is 47.5 Å². The van der Waals surface area contributed by atoms with E-state index in [1.807, 2.05) is 37.5 Å². The molecule has 4 aliphatic heterocycles. The number of hydrogen-bond acceptors (Lipinski definition) is 9. The number of nitrogens with zero attached hydrogens (tertiary/aromatic N) is 6. The maximum Gasteiger partial charge on any atom is 0.261 e. The van der Waals surface area contributed by atoms with E-state index in [2.05, 4.69) is 26.3 Å². The number of pyridine rings is 1. The molecule has 13 nitrogen and oxygen atoms in total. The second kappa shape index (κ2) is 12.0. The Kier molecular flexibility index (Phi) is 7.70. The number of ether oxygens (including phenoxy) is 2. The third kappa shape index (κ3) is 5.31. The van der Waals surface area contributed by atoms with Crippen LogP contribution >= 0.6 is 0 Å². The molecule has 1 atom stereocenters. The quantitative estimate of drug-likeness (QED) is 0.293. The van der Waals surface area contributed by atoms with E-state index >= 15 is 0 Å². The fraction of sp³-hybridized carbons (Fsp3) is 0.432. The molecule has 1 unspecified atom stereocenters. The van der Waals surface area contributed by atoms with E-state index in [0.717, 1.165) is 78.5 Å². The van der Waals surface area contributed by atoms with Crippen LogP contribution < -0.4 is 25.2 Å². The minimum atomic E-state index is -0.607. The molecule has 13 heteroatoms. The van der Waals surface area contributed by atoms with Crippen LogP contribution in [0.3, 0.4) is 0 Å². The summed E-state index contributed by atoms with van der Waals surface area (Å²) in [7, 11) is 6.91. The van der Waals surface area contributed by atoms with E-state index in [0.29, 0.717) is 36.0 Å². The van der Waals surface area contributed by atoms with E-state index in [-0.39, 0.29) is 35.1 Å². The molecule has 1 N–H and O–H groups in total. The summed E-state index contributed by atoms with van der Waals surface area (Å²) in [6, 6.07) is 9.47. The number of imide groups is 1. The fourth-order valence-corrected chi connectivity index (χ4v) is 8.26. The van der Waals surface area contributed by atoms with Crippen molar-refractivity contribution in [3.63, 3.8) is 0 Å². The number of piperidine rings is 2. The molecule has 0 aliphatic carbocycles. The number of likely N-dealkylation sites (tertiary alicyclic amines) is 1. The zero-order valence-electron chi connectivity index (χ0n) is 28.8. The summed E-state index contributed by atoms with van der Waals surface area (Å²) in [6.07, 6.45) is 6.30. The molecule has 4 aliphatic rings. The van der Waals surface area contributed by atoms with Gasteiger partial charge < -0.3 is 23.8 Å². The van der Waals surface area contributed by atoms with Gasteiger partial charge in [0.2, 0.25) is 11.8 Å². The Morgan fingerprint density at radius 1 is 0.940 bits per heavy atom. The van der Waals surface area contributed by atoms with Gasteiger partial charge in [0.15, 0.2) is 0 Å². The first-order valence-electron chi connectivity index (χ1n) is 17.1. The molecular weight excluding hydrogens is 638 g/mol. The number of rotatable bonds is 7. The summed E-state index contributed by atoms with van der Waals surface area (Å²) < 4.78 is 15.1. The summed E-state index contributed by atoms with van der Waals surface area (Å²) in [5, 5.41) is 7.52. The summed E-state index contributed by atoms with van der Waals surface area (Å²) in [5.41, 5.74) is 6.07. The van der Waals surface area contributed by atoms with E-state index < -0.39 is 6.04 Å². The zero-order chi connectivity index (χ0) is 34.9. The lowest BCUT2D eigenvalue weighted by molar-refractivity contribution is -0.136. The van der Waals surface area contributed by atoms with Gasteiger partial charge in [-0.1, -0.05) is 6.07 Å². The van der Waals surface area contributed by atoms with Crippen molar-refractivity contribution in [2.24, 2.45) is 19.5 Å². The highest BCUT2D eigenvalue weighted by molar-refractivity contribution is 6.05. The predicted octanol–water partition coefficient (Wildman–Crippen LogP) is 2.82. The van der Waals surface area contributed by atoms with E-state index in [9.17, 15) is 19.2 Å². The largest absolute Gasteiger partial charge is 0.496 e. The number of nitrogens with one attached hydrogen (secondary N) is 1. The van der Waals surface area contributed by atoms with Crippen molar-refractivity contribution in [3.05, 3.63) is 69.8 Å². The number of carbonyl (C=O) groups excluding carboxylic acids is 3. The topological polar surface area (TPSA) is 131 Å². The highest BCUT2D eigenvalue weighted by Gasteiger charge is 2.46. The molecule has 8 rings (SSSR count). The second-order valence-corrected chi connectivity index (χ2v) is 14.3. The van der Waals surface area contributed by atoms with Gasteiger partial charge in [-0.2, -0.15) is 5.10 Å². The first kappa shape index (κ1) is 32.1.